The largest absolute Gasteiger partial charge is 0.331 e. The van der Waals surface area contributed by atoms with Gasteiger partial charge in [0.25, 0.3) is 0 Å². The zero-order chi connectivity index (χ0) is 16.1. The lowest BCUT2D eigenvalue weighted by atomic mass is 10.0. The molecule has 1 atom stereocenters. The molecule has 0 saturated carbocycles. The van der Waals surface area contributed by atoms with Crippen LogP contribution in [0.1, 0.15) is 38.7 Å². The van der Waals surface area contributed by atoms with Crippen LogP contribution in [-0.4, -0.2) is 51.4 Å². The van der Waals surface area contributed by atoms with E-state index in [0.717, 1.165) is 12.1 Å². The van der Waals surface area contributed by atoms with Gasteiger partial charge in [0.1, 0.15) is 32.7 Å². The van der Waals surface area contributed by atoms with Crippen molar-refractivity contribution in [2.24, 2.45) is 0 Å². The van der Waals surface area contributed by atoms with E-state index in [4.69, 9.17) is 0 Å². The fraction of sp³-hybridized carbons (Fsp3) is 0.700. The second-order valence-corrected chi connectivity index (χ2v) is 7.81. The van der Waals surface area contributed by atoms with Crippen LogP contribution < -0.4 is 14.7 Å². The van der Waals surface area contributed by atoms with Crippen LogP contribution in [0.25, 0.3) is 0 Å². The number of piperidine rings is 1. The first kappa shape index (κ1) is 16.9. The normalized spacial score (nSPS) is 33.3. The topological polar surface area (TPSA) is 13.3 Å². The smallest absolute Gasteiger partial charge is 0.127 e. The molecule has 3 N–H and O–H groups in total. The summed E-state index contributed by atoms with van der Waals surface area (Å²) in [6, 6.07) is 12.8. The monoisotopic (exact) mass is 318 g/mol. The lowest BCUT2D eigenvalue weighted by molar-refractivity contribution is -1.04. The highest BCUT2D eigenvalue weighted by Gasteiger charge is 2.34. The van der Waals surface area contributed by atoms with Gasteiger partial charge in [-0.15, -0.1) is 0 Å². The van der Waals surface area contributed by atoms with Gasteiger partial charge in [0.15, 0.2) is 0 Å². The molecule has 0 radical (unpaired) electrons. The first-order chi connectivity index (χ1) is 11.3. The van der Waals surface area contributed by atoms with Crippen molar-refractivity contribution < 1.29 is 14.7 Å². The molecule has 128 valence electrons. The van der Waals surface area contributed by atoms with Gasteiger partial charge in [-0.1, -0.05) is 37.3 Å². The molecule has 3 rings (SSSR count). The molecule has 3 heteroatoms. The molecule has 1 aromatic carbocycles. The standard InChI is InChI=1S/C20H33N3/c1-3-18(2)22-13-15-23(16-14-22)20-9-11-21(12-10-20)17-19-7-5-4-6-8-19/h4-8,18,20H,3,9-17H2,1-2H3/p+3/t18-/m1/s1. The predicted molar refractivity (Wildman–Crippen MR) is 95.0 cm³/mol. The van der Waals surface area contributed by atoms with E-state index in [1.807, 2.05) is 9.80 Å². The highest BCUT2D eigenvalue weighted by molar-refractivity contribution is 5.13. The Hall–Kier alpha value is -0.900. The molecule has 0 aliphatic carbocycles. The summed E-state index contributed by atoms with van der Waals surface area (Å²) >= 11 is 0. The van der Waals surface area contributed by atoms with E-state index in [0.29, 0.717) is 0 Å². The number of quaternary nitrogens is 3. The van der Waals surface area contributed by atoms with Crippen LogP contribution >= 0.6 is 0 Å². The molecule has 0 amide bonds. The third-order valence-corrected chi connectivity index (χ3v) is 6.41. The highest BCUT2D eigenvalue weighted by Crippen LogP contribution is 1.99. The summed E-state index contributed by atoms with van der Waals surface area (Å²) in [5.74, 6) is 0. The minimum absolute atomic E-state index is 0.855. The Balaban J connectivity index is 1.41. The lowest BCUT2D eigenvalue weighted by Crippen LogP contribution is -3.31. The number of likely N-dealkylation sites (tertiary alicyclic amines) is 1. The van der Waals surface area contributed by atoms with Gasteiger partial charge in [0, 0.05) is 18.4 Å². The van der Waals surface area contributed by atoms with E-state index in [1.54, 1.807) is 4.90 Å². The highest BCUT2D eigenvalue weighted by atomic mass is 15.3. The lowest BCUT2D eigenvalue weighted by Gasteiger charge is -2.39. The van der Waals surface area contributed by atoms with E-state index in [2.05, 4.69) is 44.2 Å². The summed E-state index contributed by atoms with van der Waals surface area (Å²) in [5, 5.41) is 0. The molecule has 2 fully saturated rings. The Labute approximate surface area is 142 Å². The summed E-state index contributed by atoms with van der Waals surface area (Å²) < 4.78 is 0. The maximum Gasteiger partial charge on any atom is 0.127 e. The summed E-state index contributed by atoms with van der Waals surface area (Å²) in [6.07, 6.45) is 4.18. The van der Waals surface area contributed by atoms with Gasteiger partial charge >= 0.3 is 0 Å². The fourth-order valence-corrected chi connectivity index (χ4v) is 4.58. The van der Waals surface area contributed by atoms with Gasteiger partial charge in [0.2, 0.25) is 0 Å². The van der Waals surface area contributed by atoms with Gasteiger partial charge in [0.05, 0.1) is 25.2 Å². The Morgan fingerprint density at radius 2 is 1.61 bits per heavy atom. The average molecular weight is 319 g/mol. The van der Waals surface area contributed by atoms with Gasteiger partial charge in [-0.25, -0.2) is 0 Å². The second kappa shape index (κ2) is 8.27. The average Bonchev–Trinajstić information content (AvgIpc) is 2.63. The molecule has 0 unspecified atom stereocenters. The second-order valence-electron chi connectivity index (χ2n) is 7.81. The molecule has 2 aliphatic rings. The van der Waals surface area contributed by atoms with Crippen molar-refractivity contribution in [2.75, 3.05) is 39.3 Å². The molecule has 0 aromatic heterocycles. The van der Waals surface area contributed by atoms with E-state index >= 15 is 0 Å². The van der Waals surface area contributed by atoms with Crippen molar-refractivity contribution in [1.29, 1.82) is 0 Å². The van der Waals surface area contributed by atoms with Crippen molar-refractivity contribution in [3.8, 4) is 0 Å². The quantitative estimate of drug-likeness (QED) is 0.605. The van der Waals surface area contributed by atoms with Gasteiger partial charge in [-0.05, 0) is 13.3 Å². The maximum atomic E-state index is 2.42. The van der Waals surface area contributed by atoms with Crippen molar-refractivity contribution in [2.45, 2.75) is 51.7 Å². The molecule has 1 aromatic rings. The van der Waals surface area contributed by atoms with Crippen LogP contribution in [0.4, 0.5) is 0 Å². The third kappa shape index (κ3) is 4.56. The SMILES string of the molecule is CC[C@@H](C)[NH+]1CC[NH+](C2CC[NH+](Cc3ccccc3)CC2)CC1. The van der Waals surface area contributed by atoms with E-state index in [1.165, 1.54) is 70.6 Å². The number of nitrogens with one attached hydrogen (secondary N) is 3. The van der Waals surface area contributed by atoms with Crippen LogP contribution in [0.3, 0.4) is 0 Å². The molecular formula is C20H36N3+3. The Bertz CT molecular complexity index is 445. The van der Waals surface area contributed by atoms with Gasteiger partial charge < -0.3 is 14.7 Å². The number of benzene rings is 1. The molecule has 3 nitrogen and oxygen atoms in total. The van der Waals surface area contributed by atoms with E-state index in [-0.39, 0.29) is 0 Å². The Morgan fingerprint density at radius 1 is 0.957 bits per heavy atom. The molecular weight excluding hydrogens is 282 g/mol. The Morgan fingerprint density at radius 3 is 2.22 bits per heavy atom. The van der Waals surface area contributed by atoms with Gasteiger partial charge in [-0.2, -0.15) is 0 Å². The molecule has 0 bridgehead atoms. The van der Waals surface area contributed by atoms with Crippen LogP contribution in [-0.2, 0) is 6.54 Å². The first-order valence-corrected chi connectivity index (χ1v) is 9.83. The fourth-order valence-electron chi connectivity index (χ4n) is 4.58. The van der Waals surface area contributed by atoms with Crippen LogP contribution in [0.5, 0.6) is 0 Å². The third-order valence-electron chi connectivity index (χ3n) is 6.41. The molecule has 2 saturated heterocycles. The minimum Gasteiger partial charge on any atom is -0.331 e. The zero-order valence-corrected chi connectivity index (χ0v) is 15.1. The summed E-state index contributed by atoms with van der Waals surface area (Å²) in [7, 11) is 0. The Kier molecular flexibility index (Phi) is 6.09. The van der Waals surface area contributed by atoms with Crippen LogP contribution in [0, 0.1) is 0 Å². The number of hydrogen-bond acceptors (Lipinski definition) is 0. The molecule has 2 heterocycles. The summed E-state index contributed by atoms with van der Waals surface area (Å²) in [4.78, 5) is 5.55. The molecule has 2 aliphatic heterocycles. The minimum atomic E-state index is 0.855. The predicted octanol–water partition coefficient (Wildman–Crippen LogP) is -1.18. The maximum absolute atomic E-state index is 2.42. The van der Waals surface area contributed by atoms with Crippen LogP contribution in [0.15, 0.2) is 30.3 Å². The first-order valence-electron chi connectivity index (χ1n) is 9.83. The van der Waals surface area contributed by atoms with Crippen molar-refractivity contribution >= 4 is 0 Å². The van der Waals surface area contributed by atoms with E-state index in [9.17, 15) is 0 Å². The number of piperazine rings is 1. The van der Waals surface area contributed by atoms with Crippen molar-refractivity contribution in [1.82, 2.24) is 0 Å². The number of rotatable bonds is 5. The number of hydrogen-bond donors (Lipinski definition) is 3. The van der Waals surface area contributed by atoms with Crippen molar-refractivity contribution in [3.05, 3.63) is 35.9 Å². The van der Waals surface area contributed by atoms with Gasteiger partial charge in [-0.3, -0.25) is 0 Å². The van der Waals surface area contributed by atoms with E-state index < -0.39 is 0 Å². The summed E-state index contributed by atoms with van der Waals surface area (Å²) in [6.45, 7) is 14.3. The molecule has 0 spiro atoms. The zero-order valence-electron chi connectivity index (χ0n) is 15.1. The van der Waals surface area contributed by atoms with Crippen LogP contribution in [0.2, 0.25) is 0 Å². The summed E-state index contributed by atoms with van der Waals surface area (Å²) in [5.41, 5.74) is 1.50. The molecule has 23 heavy (non-hydrogen) atoms. The van der Waals surface area contributed by atoms with Crippen molar-refractivity contribution in [3.63, 3.8) is 0 Å².